The summed E-state index contributed by atoms with van der Waals surface area (Å²) in [5, 5.41) is 0. The molecule has 0 radical (unpaired) electrons. The third kappa shape index (κ3) is 5.78. The number of likely N-dealkylation sites (N-methyl/N-ethyl adjacent to an activating group) is 1. The Bertz CT molecular complexity index is 556. The van der Waals surface area contributed by atoms with Gasteiger partial charge in [0.15, 0.2) is 0 Å². The smallest absolute Gasteiger partial charge is 0.362 e. The molecular weight excluding hydrogens is 365 g/mol. The maximum atomic E-state index is 12.6. The SMILES string of the molecule is CN1CCN(S(=O)(=O)N2CCN(C(=O)COCC(F)(F)F)CC2)CC1. The first-order chi connectivity index (χ1) is 11.6. The third-order valence-corrected chi connectivity index (χ3v) is 6.23. The molecule has 0 N–H and O–H groups in total. The molecule has 0 unspecified atom stereocenters. The minimum absolute atomic E-state index is 0.125. The van der Waals surface area contributed by atoms with Gasteiger partial charge in [0, 0.05) is 52.4 Å². The van der Waals surface area contributed by atoms with Crippen LogP contribution >= 0.6 is 0 Å². The number of carbonyl (C=O) groups is 1. The molecule has 0 aromatic carbocycles. The molecule has 2 heterocycles. The van der Waals surface area contributed by atoms with Crippen LogP contribution in [0, 0.1) is 0 Å². The number of piperazine rings is 2. The highest BCUT2D eigenvalue weighted by molar-refractivity contribution is 7.86. The van der Waals surface area contributed by atoms with Gasteiger partial charge in [-0.1, -0.05) is 0 Å². The molecule has 2 fully saturated rings. The van der Waals surface area contributed by atoms with E-state index in [0.717, 1.165) is 0 Å². The van der Waals surface area contributed by atoms with Crippen molar-refractivity contribution in [1.29, 1.82) is 0 Å². The fourth-order valence-corrected chi connectivity index (χ4v) is 4.27. The highest BCUT2D eigenvalue weighted by Crippen LogP contribution is 2.16. The maximum Gasteiger partial charge on any atom is 0.411 e. The van der Waals surface area contributed by atoms with E-state index in [2.05, 4.69) is 4.74 Å². The lowest BCUT2D eigenvalue weighted by atomic mass is 10.3. The van der Waals surface area contributed by atoms with Gasteiger partial charge in [0.1, 0.15) is 13.2 Å². The number of halogens is 3. The number of amides is 1. The van der Waals surface area contributed by atoms with E-state index in [0.29, 0.717) is 26.2 Å². The summed E-state index contributed by atoms with van der Waals surface area (Å²) < 4.78 is 68.3. The zero-order valence-corrected chi connectivity index (χ0v) is 14.9. The molecule has 0 aliphatic carbocycles. The van der Waals surface area contributed by atoms with E-state index >= 15 is 0 Å². The van der Waals surface area contributed by atoms with Crippen molar-refractivity contribution >= 4 is 16.1 Å². The molecule has 1 amide bonds. The van der Waals surface area contributed by atoms with E-state index in [-0.39, 0.29) is 26.2 Å². The standard InChI is InChI=1S/C13H23F3N4O4S/c1-17-2-6-19(7-3-17)25(22,23)20-8-4-18(5-9-20)12(21)10-24-11-13(14,15)16/h2-11H2,1H3. The minimum atomic E-state index is -4.48. The normalized spacial score (nSPS) is 22.3. The lowest BCUT2D eigenvalue weighted by Gasteiger charge is -2.39. The maximum absolute atomic E-state index is 12.6. The summed E-state index contributed by atoms with van der Waals surface area (Å²) in [5.74, 6) is -0.569. The Kier molecular flexibility index (Phi) is 6.65. The van der Waals surface area contributed by atoms with Crippen LogP contribution in [0.4, 0.5) is 13.2 Å². The van der Waals surface area contributed by atoms with Crippen molar-refractivity contribution in [3.05, 3.63) is 0 Å². The Morgan fingerprint density at radius 2 is 1.44 bits per heavy atom. The van der Waals surface area contributed by atoms with Gasteiger partial charge in [-0.15, -0.1) is 0 Å². The van der Waals surface area contributed by atoms with Crippen LogP contribution in [0.25, 0.3) is 0 Å². The summed E-state index contributed by atoms with van der Waals surface area (Å²) in [7, 11) is -1.65. The van der Waals surface area contributed by atoms with Gasteiger partial charge in [-0.2, -0.15) is 30.2 Å². The monoisotopic (exact) mass is 388 g/mol. The fraction of sp³-hybridized carbons (Fsp3) is 0.923. The van der Waals surface area contributed by atoms with Crippen LogP contribution in [0.1, 0.15) is 0 Å². The fourth-order valence-electron chi connectivity index (χ4n) is 2.70. The highest BCUT2D eigenvalue weighted by Gasteiger charge is 2.35. The lowest BCUT2D eigenvalue weighted by Crippen LogP contribution is -2.57. The van der Waals surface area contributed by atoms with E-state index in [4.69, 9.17) is 0 Å². The summed E-state index contributed by atoms with van der Waals surface area (Å²) in [4.78, 5) is 15.2. The number of carbonyl (C=O) groups excluding carboxylic acids is 1. The largest absolute Gasteiger partial charge is 0.411 e. The van der Waals surface area contributed by atoms with Crippen LogP contribution in [0.5, 0.6) is 0 Å². The van der Waals surface area contributed by atoms with Crippen LogP contribution in [0.3, 0.4) is 0 Å². The molecule has 25 heavy (non-hydrogen) atoms. The van der Waals surface area contributed by atoms with E-state index < -0.39 is 35.5 Å². The molecule has 0 saturated carbocycles. The zero-order chi connectivity index (χ0) is 18.7. The molecule has 0 bridgehead atoms. The molecule has 2 rings (SSSR count). The van der Waals surface area contributed by atoms with Crippen molar-refractivity contribution in [2.45, 2.75) is 6.18 Å². The van der Waals surface area contributed by atoms with E-state index in [1.54, 1.807) is 0 Å². The molecule has 8 nitrogen and oxygen atoms in total. The van der Waals surface area contributed by atoms with Gasteiger partial charge < -0.3 is 14.5 Å². The van der Waals surface area contributed by atoms with Crippen molar-refractivity contribution in [1.82, 2.24) is 18.4 Å². The Hall–Kier alpha value is -0.950. The van der Waals surface area contributed by atoms with Crippen molar-refractivity contribution in [2.24, 2.45) is 0 Å². The van der Waals surface area contributed by atoms with Crippen LogP contribution < -0.4 is 0 Å². The van der Waals surface area contributed by atoms with Gasteiger partial charge in [0.05, 0.1) is 0 Å². The molecule has 12 heteroatoms. The predicted octanol–water partition coefficient (Wildman–Crippen LogP) is -0.798. The van der Waals surface area contributed by atoms with Crippen molar-refractivity contribution in [3.8, 4) is 0 Å². The molecule has 2 saturated heterocycles. The number of nitrogens with zero attached hydrogens (tertiary/aromatic N) is 4. The second-order valence-corrected chi connectivity index (χ2v) is 8.03. The predicted molar refractivity (Wildman–Crippen MR) is 83.0 cm³/mol. The Balaban J connectivity index is 1.79. The molecule has 2 aliphatic heterocycles. The first-order valence-electron chi connectivity index (χ1n) is 7.95. The summed E-state index contributed by atoms with van der Waals surface area (Å²) in [6.07, 6.45) is -4.48. The molecule has 0 aromatic heterocycles. The van der Waals surface area contributed by atoms with Crippen LogP contribution in [-0.4, -0.2) is 112 Å². The summed E-state index contributed by atoms with van der Waals surface area (Å²) in [6, 6.07) is 0. The number of hydrogen-bond donors (Lipinski definition) is 0. The number of rotatable bonds is 5. The van der Waals surface area contributed by atoms with E-state index in [1.165, 1.54) is 13.5 Å². The molecule has 2 aliphatic rings. The first kappa shape index (κ1) is 20.4. The number of ether oxygens (including phenoxy) is 1. The average molecular weight is 388 g/mol. The van der Waals surface area contributed by atoms with Gasteiger partial charge in [-0.05, 0) is 7.05 Å². The van der Waals surface area contributed by atoms with Crippen LogP contribution in [0.2, 0.25) is 0 Å². The van der Waals surface area contributed by atoms with E-state index in [9.17, 15) is 26.4 Å². The first-order valence-corrected chi connectivity index (χ1v) is 9.35. The lowest BCUT2D eigenvalue weighted by molar-refractivity contribution is -0.178. The van der Waals surface area contributed by atoms with Gasteiger partial charge in [-0.3, -0.25) is 4.79 Å². The highest BCUT2D eigenvalue weighted by atomic mass is 32.2. The summed E-state index contributed by atoms with van der Waals surface area (Å²) in [6.45, 7) is 0.553. The third-order valence-electron chi connectivity index (χ3n) is 4.20. The summed E-state index contributed by atoms with van der Waals surface area (Å²) >= 11 is 0. The Labute approximate surface area is 145 Å². The Morgan fingerprint density at radius 1 is 0.960 bits per heavy atom. The molecular formula is C13H23F3N4O4S. The van der Waals surface area contributed by atoms with Crippen LogP contribution in [0.15, 0.2) is 0 Å². The van der Waals surface area contributed by atoms with Gasteiger partial charge in [0.25, 0.3) is 10.2 Å². The summed E-state index contributed by atoms with van der Waals surface area (Å²) in [5.41, 5.74) is 0. The second-order valence-electron chi connectivity index (χ2n) is 6.10. The van der Waals surface area contributed by atoms with Gasteiger partial charge in [0.2, 0.25) is 5.91 Å². The molecule has 0 spiro atoms. The molecule has 146 valence electrons. The quantitative estimate of drug-likeness (QED) is 0.617. The average Bonchev–Trinajstić information content (AvgIpc) is 2.54. The van der Waals surface area contributed by atoms with Gasteiger partial charge >= 0.3 is 6.18 Å². The van der Waals surface area contributed by atoms with Crippen molar-refractivity contribution in [2.75, 3.05) is 72.6 Å². The van der Waals surface area contributed by atoms with Crippen molar-refractivity contribution in [3.63, 3.8) is 0 Å². The zero-order valence-electron chi connectivity index (χ0n) is 14.0. The van der Waals surface area contributed by atoms with Crippen molar-refractivity contribution < 1.29 is 31.1 Å². The molecule has 0 atom stereocenters. The minimum Gasteiger partial charge on any atom is -0.362 e. The Morgan fingerprint density at radius 3 is 1.92 bits per heavy atom. The second kappa shape index (κ2) is 8.16. The van der Waals surface area contributed by atoms with Crippen LogP contribution in [-0.2, 0) is 19.7 Å². The number of alkyl halides is 3. The van der Waals surface area contributed by atoms with E-state index in [1.807, 2.05) is 11.9 Å². The van der Waals surface area contributed by atoms with Gasteiger partial charge in [-0.25, -0.2) is 0 Å². The molecule has 0 aromatic rings. The number of hydrogen-bond acceptors (Lipinski definition) is 5. The topological polar surface area (TPSA) is 73.4 Å².